The topological polar surface area (TPSA) is 129 Å². The number of hydrogen-bond donors (Lipinski definition) is 6. The molecule has 0 saturated heterocycles. The van der Waals surface area contributed by atoms with Gasteiger partial charge in [0.2, 0.25) is 5.92 Å². The van der Waals surface area contributed by atoms with E-state index in [0.717, 1.165) is 0 Å². The molecule has 0 heterocycles. The lowest BCUT2D eigenvalue weighted by atomic mass is 9.92. The van der Waals surface area contributed by atoms with Gasteiger partial charge in [0.1, 0.15) is 5.71 Å². The molecule has 7 nitrogen and oxygen atoms in total. The first-order valence-electron chi connectivity index (χ1n) is 8.81. The first kappa shape index (κ1) is 22.0. The molecule has 1 rings (SSSR count). The summed E-state index contributed by atoms with van der Waals surface area (Å²) in [5.41, 5.74) is 12.0. The lowest BCUT2D eigenvalue weighted by Gasteiger charge is -2.29. The van der Waals surface area contributed by atoms with Crippen molar-refractivity contribution in [3.63, 3.8) is 0 Å². The van der Waals surface area contributed by atoms with Crippen LogP contribution in [0.4, 0.5) is 8.78 Å². The van der Waals surface area contributed by atoms with Crippen LogP contribution < -0.4 is 27.4 Å². The minimum Gasteiger partial charge on any atom is -0.390 e. The Balaban J connectivity index is 2.74. The van der Waals surface area contributed by atoms with Crippen LogP contribution in [-0.2, 0) is 4.79 Å². The van der Waals surface area contributed by atoms with Crippen LogP contribution in [-0.4, -0.2) is 43.7 Å². The van der Waals surface area contributed by atoms with Crippen molar-refractivity contribution in [1.82, 2.24) is 16.0 Å². The van der Waals surface area contributed by atoms with Gasteiger partial charge in [0, 0.05) is 50.3 Å². The largest absolute Gasteiger partial charge is 0.390 e. The minimum absolute atomic E-state index is 0.00968. The second-order valence-electron chi connectivity index (χ2n) is 6.32. The van der Waals surface area contributed by atoms with Crippen molar-refractivity contribution in [1.29, 1.82) is 5.41 Å². The zero-order valence-corrected chi connectivity index (χ0v) is 15.4. The van der Waals surface area contributed by atoms with E-state index in [9.17, 15) is 13.6 Å². The summed E-state index contributed by atoms with van der Waals surface area (Å²) in [5, 5.41) is 16.7. The van der Waals surface area contributed by atoms with E-state index in [2.05, 4.69) is 16.0 Å². The maximum absolute atomic E-state index is 13.2. The Labute approximate surface area is 153 Å². The normalized spacial score (nSPS) is 18.9. The number of nitrogens with two attached hydrogens (primary N) is 2. The molecule has 0 aliphatic heterocycles. The first-order valence-corrected chi connectivity index (χ1v) is 8.81. The van der Waals surface area contributed by atoms with Crippen LogP contribution in [0.2, 0.25) is 0 Å². The Morgan fingerprint density at radius 2 is 1.96 bits per heavy atom. The van der Waals surface area contributed by atoms with Crippen LogP contribution in [0.3, 0.4) is 0 Å². The Hall–Kier alpha value is -2.00. The molecule has 148 valence electrons. The number of nitrogens with one attached hydrogen (secondary N) is 4. The van der Waals surface area contributed by atoms with Gasteiger partial charge in [-0.3, -0.25) is 10.2 Å². The molecular weight excluding hydrogens is 342 g/mol. The van der Waals surface area contributed by atoms with Gasteiger partial charge in [-0.05, 0) is 25.3 Å². The van der Waals surface area contributed by atoms with Gasteiger partial charge in [-0.25, -0.2) is 8.78 Å². The zero-order chi connectivity index (χ0) is 19.7. The average molecular weight is 372 g/mol. The van der Waals surface area contributed by atoms with Crippen molar-refractivity contribution in [2.75, 3.05) is 20.1 Å². The molecule has 1 amide bonds. The molecule has 9 heteroatoms. The van der Waals surface area contributed by atoms with E-state index in [1.165, 1.54) is 0 Å². The number of amides is 1. The monoisotopic (exact) mass is 372 g/mol. The fourth-order valence-electron chi connectivity index (χ4n) is 2.81. The van der Waals surface area contributed by atoms with Crippen molar-refractivity contribution >= 4 is 11.6 Å². The molecular formula is C17H30F2N6O. The van der Waals surface area contributed by atoms with Crippen LogP contribution in [0.1, 0.15) is 39.0 Å². The van der Waals surface area contributed by atoms with Crippen molar-refractivity contribution < 1.29 is 13.6 Å². The molecule has 0 atom stereocenters. The standard InChI is InChI=1S/C17H30F2N6O/c1-3-4-14(21)25-16(26)15(22)12(9-20)13(23-2)10-24-11-5-7-17(18,19)8-6-11/h4,11,22-24H,3,5-10,20-21H2,1-2H3,(H,25,26)/b13-12+,14-4+,22-15?. The predicted octanol–water partition coefficient (Wildman–Crippen LogP) is 0.932. The van der Waals surface area contributed by atoms with Crippen LogP contribution in [0.25, 0.3) is 0 Å². The van der Waals surface area contributed by atoms with Gasteiger partial charge < -0.3 is 27.4 Å². The van der Waals surface area contributed by atoms with Crippen molar-refractivity contribution in [2.45, 2.75) is 51.0 Å². The Morgan fingerprint density at radius 3 is 2.46 bits per heavy atom. The quantitative estimate of drug-likeness (QED) is 0.336. The molecule has 0 bridgehead atoms. The molecule has 0 aromatic rings. The number of allylic oxidation sites excluding steroid dienone is 1. The number of rotatable bonds is 9. The summed E-state index contributed by atoms with van der Waals surface area (Å²) >= 11 is 0. The SMILES string of the molecule is CC/C=C(\N)NC(=O)C(=N)/C(CN)=C(\CNC1CCC(F)(F)CC1)NC. The third-order valence-electron chi connectivity index (χ3n) is 4.37. The highest BCUT2D eigenvalue weighted by molar-refractivity contribution is 6.44. The number of carbonyl (C=O) groups excluding carboxylic acids is 1. The maximum Gasteiger partial charge on any atom is 0.275 e. The first-order chi connectivity index (χ1) is 12.2. The maximum atomic E-state index is 13.2. The second-order valence-corrected chi connectivity index (χ2v) is 6.32. The summed E-state index contributed by atoms with van der Waals surface area (Å²) < 4.78 is 26.5. The summed E-state index contributed by atoms with van der Waals surface area (Å²) in [6.07, 6.45) is 2.81. The van der Waals surface area contributed by atoms with E-state index < -0.39 is 11.8 Å². The smallest absolute Gasteiger partial charge is 0.275 e. The number of halogens is 2. The number of alkyl halides is 2. The predicted molar refractivity (Wildman–Crippen MR) is 98.8 cm³/mol. The van der Waals surface area contributed by atoms with Crippen molar-refractivity contribution in [2.24, 2.45) is 11.5 Å². The molecule has 1 aliphatic carbocycles. The summed E-state index contributed by atoms with van der Waals surface area (Å²) in [6, 6.07) is -0.0249. The van der Waals surface area contributed by atoms with Crippen LogP contribution in [0.5, 0.6) is 0 Å². The molecule has 1 saturated carbocycles. The summed E-state index contributed by atoms with van der Waals surface area (Å²) in [6.45, 7) is 2.18. The van der Waals surface area contributed by atoms with E-state index >= 15 is 0 Å². The molecule has 26 heavy (non-hydrogen) atoms. The minimum atomic E-state index is -2.57. The van der Waals surface area contributed by atoms with E-state index in [1.54, 1.807) is 13.1 Å². The van der Waals surface area contributed by atoms with E-state index in [0.29, 0.717) is 37.1 Å². The highest BCUT2D eigenvalue weighted by Crippen LogP contribution is 2.32. The van der Waals surface area contributed by atoms with Crippen LogP contribution >= 0.6 is 0 Å². The highest BCUT2D eigenvalue weighted by Gasteiger charge is 2.34. The third kappa shape index (κ3) is 6.72. The van der Waals surface area contributed by atoms with Gasteiger partial charge in [0.25, 0.3) is 5.91 Å². The van der Waals surface area contributed by atoms with Gasteiger partial charge in [0.05, 0.1) is 5.82 Å². The lowest BCUT2D eigenvalue weighted by molar-refractivity contribution is -0.114. The molecule has 0 spiro atoms. The van der Waals surface area contributed by atoms with Gasteiger partial charge in [0.15, 0.2) is 0 Å². The third-order valence-corrected chi connectivity index (χ3v) is 4.37. The van der Waals surface area contributed by atoms with E-state index in [1.807, 2.05) is 6.92 Å². The second kappa shape index (κ2) is 10.2. The van der Waals surface area contributed by atoms with Gasteiger partial charge >= 0.3 is 0 Å². The van der Waals surface area contributed by atoms with Crippen LogP contribution in [0.15, 0.2) is 23.2 Å². The van der Waals surface area contributed by atoms with Gasteiger partial charge in [-0.1, -0.05) is 6.92 Å². The Kier molecular flexibility index (Phi) is 8.67. The molecule has 0 unspecified atom stereocenters. The Bertz CT molecular complexity index is 564. The molecule has 1 fully saturated rings. The lowest BCUT2D eigenvalue weighted by Crippen LogP contribution is -2.41. The zero-order valence-electron chi connectivity index (χ0n) is 15.4. The molecule has 0 aromatic carbocycles. The summed E-state index contributed by atoms with van der Waals surface area (Å²) in [7, 11) is 1.66. The van der Waals surface area contributed by atoms with E-state index in [4.69, 9.17) is 16.9 Å². The van der Waals surface area contributed by atoms with Crippen LogP contribution in [0, 0.1) is 5.41 Å². The number of likely N-dealkylation sites (N-methyl/N-ethyl adjacent to an activating group) is 1. The molecule has 0 aromatic heterocycles. The Morgan fingerprint density at radius 1 is 1.35 bits per heavy atom. The highest BCUT2D eigenvalue weighted by atomic mass is 19.3. The molecule has 8 N–H and O–H groups in total. The average Bonchev–Trinajstić information content (AvgIpc) is 2.59. The van der Waals surface area contributed by atoms with Crippen molar-refractivity contribution in [3.8, 4) is 0 Å². The number of carbonyl (C=O) groups is 1. The van der Waals surface area contributed by atoms with Crippen molar-refractivity contribution in [3.05, 3.63) is 23.2 Å². The van der Waals surface area contributed by atoms with E-state index in [-0.39, 0.29) is 37.0 Å². The van der Waals surface area contributed by atoms with Gasteiger partial charge in [-0.2, -0.15) is 0 Å². The fourth-order valence-corrected chi connectivity index (χ4v) is 2.81. The van der Waals surface area contributed by atoms with Gasteiger partial charge in [-0.15, -0.1) is 0 Å². The molecule has 1 aliphatic rings. The fraction of sp³-hybridized carbons (Fsp3) is 0.647. The summed E-state index contributed by atoms with van der Waals surface area (Å²) in [5.74, 6) is -3.03. The number of hydrogen-bond acceptors (Lipinski definition) is 6. The summed E-state index contributed by atoms with van der Waals surface area (Å²) in [4.78, 5) is 12.1. The molecule has 0 radical (unpaired) electrons.